The monoisotopic (exact) mass is 314 g/mol. The quantitative estimate of drug-likeness (QED) is 0.351. The van der Waals surface area contributed by atoms with Gasteiger partial charge in [0.05, 0.1) is 11.3 Å². The van der Waals surface area contributed by atoms with E-state index in [-0.39, 0.29) is 0 Å². The topological polar surface area (TPSA) is 73.3 Å². The van der Waals surface area contributed by atoms with Crippen molar-refractivity contribution in [3.05, 3.63) is 71.5 Å². The van der Waals surface area contributed by atoms with Crippen LogP contribution in [0.2, 0.25) is 0 Å². The Morgan fingerprint density at radius 1 is 0.958 bits per heavy atom. The molecule has 3 heterocycles. The molecule has 0 aliphatic carbocycles. The average molecular weight is 314 g/mol. The van der Waals surface area contributed by atoms with Gasteiger partial charge in [-0.05, 0) is 29.0 Å². The van der Waals surface area contributed by atoms with Gasteiger partial charge in [0.25, 0.3) is 5.78 Å². The third-order valence-electron chi connectivity index (χ3n) is 4.10. The molecule has 0 saturated carbocycles. The van der Waals surface area contributed by atoms with E-state index in [0.717, 1.165) is 16.2 Å². The lowest BCUT2D eigenvalue weighted by Gasteiger charge is -2.06. The average Bonchev–Trinajstić information content (AvgIpc) is 3.10. The highest BCUT2D eigenvalue weighted by atomic mass is 16.4. The van der Waals surface area contributed by atoms with Crippen LogP contribution in [0.15, 0.2) is 70.3 Å². The van der Waals surface area contributed by atoms with Crippen molar-refractivity contribution in [1.29, 1.82) is 0 Å². The van der Waals surface area contributed by atoms with Gasteiger partial charge in [-0.2, -0.15) is 14.6 Å². The first-order valence-electron chi connectivity index (χ1n) is 7.42. The molecule has 0 aliphatic heterocycles. The minimum Gasteiger partial charge on any atom is -0.422 e. The number of nitrogens with zero attached hydrogens (tertiary/aromatic N) is 4. The van der Waals surface area contributed by atoms with Crippen molar-refractivity contribution in [1.82, 2.24) is 19.6 Å². The number of aromatic nitrogens is 4. The molecule has 2 aromatic carbocycles. The van der Waals surface area contributed by atoms with Gasteiger partial charge in [0.15, 0.2) is 0 Å². The lowest BCUT2D eigenvalue weighted by Crippen LogP contribution is -2.07. The number of hydrogen-bond donors (Lipinski definition) is 0. The van der Waals surface area contributed by atoms with Gasteiger partial charge in [-0.3, -0.25) is 0 Å². The van der Waals surface area contributed by atoms with Crippen molar-refractivity contribution in [3.8, 4) is 11.3 Å². The Balaban J connectivity index is 1.92. The summed E-state index contributed by atoms with van der Waals surface area (Å²) < 4.78 is 7.07. The number of hydrogen-bond acceptors (Lipinski definition) is 5. The van der Waals surface area contributed by atoms with Crippen LogP contribution in [0, 0.1) is 0 Å². The second-order valence-electron chi connectivity index (χ2n) is 5.45. The highest BCUT2D eigenvalue weighted by Gasteiger charge is 2.13. The summed E-state index contributed by atoms with van der Waals surface area (Å²) in [5.74, 6) is 0.435. The van der Waals surface area contributed by atoms with Gasteiger partial charge in [-0.15, -0.1) is 0 Å². The zero-order valence-electron chi connectivity index (χ0n) is 12.4. The van der Waals surface area contributed by atoms with Gasteiger partial charge in [-0.1, -0.05) is 30.3 Å². The van der Waals surface area contributed by atoms with Crippen molar-refractivity contribution < 1.29 is 4.42 Å². The highest BCUT2D eigenvalue weighted by molar-refractivity contribution is 6.06. The lowest BCUT2D eigenvalue weighted by molar-refractivity contribution is 0.563. The van der Waals surface area contributed by atoms with E-state index in [1.165, 1.54) is 10.8 Å². The molecular weight excluding hydrogens is 304 g/mol. The second-order valence-corrected chi connectivity index (χ2v) is 5.45. The largest absolute Gasteiger partial charge is 0.422 e. The summed E-state index contributed by atoms with van der Waals surface area (Å²) in [4.78, 5) is 20.7. The maximum Gasteiger partial charge on any atom is 0.345 e. The van der Waals surface area contributed by atoms with Crippen LogP contribution < -0.4 is 5.63 Å². The van der Waals surface area contributed by atoms with Gasteiger partial charge < -0.3 is 4.42 Å². The maximum absolute atomic E-state index is 12.5. The van der Waals surface area contributed by atoms with Gasteiger partial charge in [0, 0.05) is 11.6 Å². The molecule has 0 N–H and O–H groups in total. The van der Waals surface area contributed by atoms with E-state index in [9.17, 15) is 4.79 Å². The third kappa shape index (κ3) is 1.77. The van der Waals surface area contributed by atoms with Crippen LogP contribution in [0.5, 0.6) is 0 Å². The van der Waals surface area contributed by atoms with Crippen molar-refractivity contribution in [2.75, 3.05) is 0 Å². The Bertz CT molecular complexity index is 1290. The van der Waals surface area contributed by atoms with E-state index in [1.807, 2.05) is 42.5 Å². The van der Waals surface area contributed by atoms with Gasteiger partial charge in [-0.25, -0.2) is 9.78 Å². The summed E-state index contributed by atoms with van der Waals surface area (Å²) in [5.41, 5.74) is 1.17. The van der Waals surface area contributed by atoms with Crippen molar-refractivity contribution in [2.24, 2.45) is 0 Å². The normalized spacial score (nSPS) is 11.5. The first-order valence-corrected chi connectivity index (χ1v) is 7.42. The Kier molecular flexibility index (Phi) is 2.55. The Hall–Kier alpha value is -3.54. The molecule has 5 rings (SSSR count). The number of rotatable bonds is 1. The first kappa shape index (κ1) is 13.0. The zero-order valence-corrected chi connectivity index (χ0v) is 12.4. The van der Waals surface area contributed by atoms with Crippen LogP contribution in [0.4, 0.5) is 0 Å². The van der Waals surface area contributed by atoms with Crippen LogP contribution in [0.1, 0.15) is 0 Å². The molecule has 114 valence electrons. The Morgan fingerprint density at radius 3 is 2.83 bits per heavy atom. The minimum absolute atomic E-state index is 0.416. The fourth-order valence-electron chi connectivity index (χ4n) is 2.99. The fraction of sp³-hybridized carbons (Fsp3) is 0. The maximum atomic E-state index is 12.5. The zero-order chi connectivity index (χ0) is 16.1. The van der Waals surface area contributed by atoms with E-state index in [0.29, 0.717) is 22.6 Å². The van der Waals surface area contributed by atoms with E-state index in [1.54, 1.807) is 12.3 Å². The SMILES string of the molecule is O=c1oc2ccc3ccccc3c2cc1-c1ccnc2ncnn12. The van der Waals surface area contributed by atoms with Gasteiger partial charge >= 0.3 is 5.63 Å². The third-order valence-corrected chi connectivity index (χ3v) is 4.10. The molecule has 6 heteroatoms. The molecule has 0 spiro atoms. The molecule has 0 unspecified atom stereocenters. The minimum atomic E-state index is -0.416. The van der Waals surface area contributed by atoms with E-state index >= 15 is 0 Å². The predicted molar refractivity (Wildman–Crippen MR) is 89.8 cm³/mol. The fourth-order valence-corrected chi connectivity index (χ4v) is 2.99. The van der Waals surface area contributed by atoms with Crippen molar-refractivity contribution >= 4 is 27.5 Å². The second kappa shape index (κ2) is 4.73. The molecule has 0 atom stereocenters. The standard InChI is InChI=1S/C18H10N4O2/c23-17-14(15-7-8-19-18-20-10-21-22(15)18)9-13-12-4-2-1-3-11(12)5-6-16(13)24-17/h1-10H. The summed E-state index contributed by atoms with van der Waals surface area (Å²) in [6.07, 6.45) is 3.01. The van der Waals surface area contributed by atoms with Crippen molar-refractivity contribution in [2.45, 2.75) is 0 Å². The Labute approximate surface area is 135 Å². The molecule has 3 aromatic heterocycles. The van der Waals surface area contributed by atoms with Gasteiger partial charge in [0.1, 0.15) is 11.9 Å². The van der Waals surface area contributed by atoms with Gasteiger partial charge in [0.2, 0.25) is 0 Å². The summed E-state index contributed by atoms with van der Waals surface area (Å²) in [7, 11) is 0. The number of benzene rings is 2. The molecular formula is C18H10N4O2. The molecule has 0 bridgehead atoms. The van der Waals surface area contributed by atoms with E-state index < -0.39 is 5.63 Å². The molecule has 0 amide bonds. The van der Waals surface area contributed by atoms with Crippen LogP contribution in [-0.2, 0) is 0 Å². The lowest BCUT2D eigenvalue weighted by atomic mass is 10.0. The summed E-state index contributed by atoms with van der Waals surface area (Å²) >= 11 is 0. The van der Waals surface area contributed by atoms with E-state index in [4.69, 9.17) is 4.42 Å². The first-order chi connectivity index (χ1) is 11.8. The smallest absolute Gasteiger partial charge is 0.345 e. The molecule has 6 nitrogen and oxygen atoms in total. The predicted octanol–water partition coefficient (Wildman–Crippen LogP) is 3.05. The molecule has 5 aromatic rings. The van der Waals surface area contributed by atoms with Crippen LogP contribution in [-0.4, -0.2) is 19.6 Å². The van der Waals surface area contributed by atoms with Crippen LogP contribution >= 0.6 is 0 Å². The molecule has 0 radical (unpaired) electrons. The molecule has 0 saturated heterocycles. The highest BCUT2D eigenvalue weighted by Crippen LogP contribution is 2.27. The number of fused-ring (bicyclic) bond motifs is 4. The molecule has 0 fully saturated rings. The molecule has 24 heavy (non-hydrogen) atoms. The summed E-state index contributed by atoms with van der Waals surface area (Å²) in [6, 6.07) is 15.3. The molecule has 0 aliphatic rings. The van der Waals surface area contributed by atoms with Crippen molar-refractivity contribution in [3.63, 3.8) is 0 Å². The Morgan fingerprint density at radius 2 is 1.88 bits per heavy atom. The van der Waals surface area contributed by atoms with Crippen LogP contribution in [0.3, 0.4) is 0 Å². The summed E-state index contributed by atoms with van der Waals surface area (Å²) in [6.45, 7) is 0. The summed E-state index contributed by atoms with van der Waals surface area (Å²) in [5, 5.41) is 7.14. The van der Waals surface area contributed by atoms with E-state index in [2.05, 4.69) is 15.1 Å². The van der Waals surface area contributed by atoms with Crippen LogP contribution in [0.25, 0.3) is 38.8 Å².